The molecule has 0 fully saturated rings. The summed E-state index contributed by atoms with van der Waals surface area (Å²) < 4.78 is 5.29. The number of carbonyl (C=O) groups excluding carboxylic acids is 1. The van der Waals surface area contributed by atoms with Gasteiger partial charge in [-0.05, 0) is 32.4 Å². The molecule has 1 aromatic carbocycles. The predicted octanol–water partition coefficient (Wildman–Crippen LogP) is 3.02. The number of H-pyrrole nitrogens is 1. The van der Waals surface area contributed by atoms with E-state index in [1.807, 2.05) is 51.2 Å². The zero-order valence-corrected chi connectivity index (χ0v) is 11.6. The van der Waals surface area contributed by atoms with Crippen LogP contribution in [0.15, 0.2) is 30.5 Å². The van der Waals surface area contributed by atoms with Crippen molar-refractivity contribution < 1.29 is 9.53 Å². The highest BCUT2D eigenvalue weighted by atomic mass is 16.6. The maximum absolute atomic E-state index is 11.9. The SMILES string of the molecule is C.CC(C)(C)OC(=O)[C@@H](N)Cc1c[nH]c2ccccc12. The zero-order valence-electron chi connectivity index (χ0n) is 11.6. The molecule has 0 aliphatic carbocycles. The predicted molar refractivity (Wildman–Crippen MR) is 82.6 cm³/mol. The Morgan fingerprint density at radius 1 is 1.35 bits per heavy atom. The molecule has 0 saturated heterocycles. The molecule has 0 saturated carbocycles. The Kier molecular flexibility index (Phi) is 4.95. The average Bonchev–Trinajstić information content (AvgIpc) is 2.70. The van der Waals surface area contributed by atoms with E-state index < -0.39 is 11.6 Å². The van der Waals surface area contributed by atoms with Crippen molar-refractivity contribution in [2.24, 2.45) is 5.73 Å². The first-order valence-corrected chi connectivity index (χ1v) is 6.40. The maximum atomic E-state index is 11.9. The molecule has 3 N–H and O–H groups in total. The van der Waals surface area contributed by atoms with E-state index in [1.54, 1.807) is 0 Å². The van der Waals surface area contributed by atoms with Gasteiger partial charge in [0.25, 0.3) is 0 Å². The summed E-state index contributed by atoms with van der Waals surface area (Å²) in [6.07, 6.45) is 2.37. The summed E-state index contributed by atoms with van der Waals surface area (Å²) in [5.74, 6) is -0.363. The number of fused-ring (bicyclic) bond motifs is 1. The van der Waals surface area contributed by atoms with Crippen molar-refractivity contribution in [1.82, 2.24) is 4.98 Å². The van der Waals surface area contributed by atoms with Crippen LogP contribution < -0.4 is 5.73 Å². The van der Waals surface area contributed by atoms with Gasteiger partial charge in [0.1, 0.15) is 11.6 Å². The van der Waals surface area contributed by atoms with Crippen LogP contribution in [0.1, 0.15) is 33.8 Å². The Bertz CT molecular complexity index is 581. The molecular weight excluding hydrogens is 252 g/mol. The molecule has 2 rings (SSSR count). The molecule has 0 unspecified atom stereocenters. The lowest BCUT2D eigenvalue weighted by Crippen LogP contribution is -2.38. The Morgan fingerprint density at radius 2 is 2.00 bits per heavy atom. The van der Waals surface area contributed by atoms with Crippen molar-refractivity contribution in [2.45, 2.75) is 46.3 Å². The summed E-state index contributed by atoms with van der Waals surface area (Å²) in [5, 5.41) is 1.10. The maximum Gasteiger partial charge on any atom is 0.323 e. The van der Waals surface area contributed by atoms with Gasteiger partial charge >= 0.3 is 5.97 Å². The summed E-state index contributed by atoms with van der Waals surface area (Å²) in [5.41, 5.74) is 7.50. The molecule has 2 aromatic rings. The highest BCUT2D eigenvalue weighted by Gasteiger charge is 2.23. The van der Waals surface area contributed by atoms with Crippen LogP contribution in [0.3, 0.4) is 0 Å². The number of aromatic nitrogens is 1. The summed E-state index contributed by atoms with van der Waals surface area (Å²) >= 11 is 0. The number of hydrogen-bond acceptors (Lipinski definition) is 3. The van der Waals surface area contributed by atoms with Crippen molar-refractivity contribution in [1.29, 1.82) is 0 Å². The second-order valence-corrected chi connectivity index (χ2v) is 5.70. The first-order valence-electron chi connectivity index (χ1n) is 6.40. The van der Waals surface area contributed by atoms with Crippen molar-refractivity contribution in [2.75, 3.05) is 0 Å². The normalized spacial score (nSPS) is 12.8. The molecule has 1 atom stereocenters. The van der Waals surface area contributed by atoms with E-state index in [0.29, 0.717) is 6.42 Å². The van der Waals surface area contributed by atoms with Crippen LogP contribution in [0.4, 0.5) is 0 Å². The summed E-state index contributed by atoms with van der Waals surface area (Å²) in [6.45, 7) is 5.51. The molecule has 0 aliphatic rings. The largest absolute Gasteiger partial charge is 0.459 e. The van der Waals surface area contributed by atoms with Crippen molar-refractivity contribution in [3.63, 3.8) is 0 Å². The quantitative estimate of drug-likeness (QED) is 0.847. The van der Waals surface area contributed by atoms with Gasteiger partial charge < -0.3 is 15.5 Å². The average molecular weight is 276 g/mol. The van der Waals surface area contributed by atoms with Crippen LogP contribution in [-0.4, -0.2) is 22.6 Å². The minimum absolute atomic E-state index is 0. The minimum atomic E-state index is -0.640. The number of rotatable bonds is 3. The highest BCUT2D eigenvalue weighted by Crippen LogP contribution is 2.19. The number of esters is 1. The molecular formula is C16H24N2O2. The summed E-state index contributed by atoms with van der Waals surface area (Å²) in [7, 11) is 0. The molecule has 1 heterocycles. The van der Waals surface area contributed by atoms with Gasteiger partial charge in [-0.2, -0.15) is 0 Å². The van der Waals surface area contributed by atoms with E-state index >= 15 is 0 Å². The summed E-state index contributed by atoms with van der Waals surface area (Å²) in [6, 6.07) is 7.31. The molecule has 0 amide bonds. The van der Waals surface area contributed by atoms with Crippen LogP contribution in [0, 0.1) is 0 Å². The second kappa shape index (κ2) is 6.09. The zero-order chi connectivity index (χ0) is 14.0. The topological polar surface area (TPSA) is 68.1 Å². The van der Waals surface area contributed by atoms with E-state index in [0.717, 1.165) is 16.5 Å². The smallest absolute Gasteiger partial charge is 0.323 e. The van der Waals surface area contributed by atoms with E-state index in [4.69, 9.17) is 10.5 Å². The number of nitrogens with one attached hydrogen (secondary N) is 1. The van der Waals surface area contributed by atoms with Gasteiger partial charge in [-0.1, -0.05) is 25.6 Å². The number of hydrogen-bond donors (Lipinski definition) is 2. The third-order valence-corrected chi connectivity index (χ3v) is 2.82. The molecule has 1 aromatic heterocycles. The monoisotopic (exact) mass is 276 g/mol. The summed E-state index contributed by atoms with van der Waals surface area (Å²) in [4.78, 5) is 15.0. The Balaban J connectivity index is 0.00000200. The lowest BCUT2D eigenvalue weighted by molar-refractivity contribution is -0.156. The fourth-order valence-corrected chi connectivity index (χ4v) is 2.00. The van der Waals surface area contributed by atoms with Gasteiger partial charge in [0.2, 0.25) is 0 Å². The van der Waals surface area contributed by atoms with Gasteiger partial charge in [0.15, 0.2) is 0 Å². The number of ether oxygens (including phenoxy) is 1. The molecule has 0 bridgehead atoms. The number of carbonyl (C=O) groups is 1. The van der Waals surface area contributed by atoms with Gasteiger partial charge in [-0.3, -0.25) is 4.79 Å². The lowest BCUT2D eigenvalue weighted by atomic mass is 10.1. The standard InChI is InChI=1S/C15H20N2O2.CH4/c1-15(2,3)19-14(18)12(16)8-10-9-17-13-7-5-4-6-11(10)13;/h4-7,9,12,17H,8,16H2,1-3H3;1H4/t12-;/m0./s1. The van der Waals surface area contributed by atoms with E-state index in [9.17, 15) is 4.79 Å². The van der Waals surface area contributed by atoms with Crippen LogP contribution in [0.25, 0.3) is 10.9 Å². The van der Waals surface area contributed by atoms with Crippen molar-refractivity contribution in [3.05, 3.63) is 36.0 Å². The van der Waals surface area contributed by atoms with Crippen LogP contribution in [0.2, 0.25) is 0 Å². The van der Waals surface area contributed by atoms with Crippen LogP contribution in [0.5, 0.6) is 0 Å². The Morgan fingerprint density at radius 3 is 2.65 bits per heavy atom. The molecule has 110 valence electrons. The molecule has 20 heavy (non-hydrogen) atoms. The number of benzene rings is 1. The first-order chi connectivity index (χ1) is 8.87. The first kappa shape index (κ1) is 16.2. The number of nitrogens with two attached hydrogens (primary N) is 1. The molecule has 4 nitrogen and oxygen atoms in total. The van der Waals surface area contributed by atoms with Crippen molar-refractivity contribution in [3.8, 4) is 0 Å². The van der Waals surface area contributed by atoms with Crippen LogP contribution >= 0.6 is 0 Å². The molecule has 0 spiro atoms. The van der Waals surface area contributed by atoms with Gasteiger partial charge in [-0.15, -0.1) is 0 Å². The van der Waals surface area contributed by atoms with Crippen molar-refractivity contribution >= 4 is 16.9 Å². The van der Waals surface area contributed by atoms with E-state index in [-0.39, 0.29) is 13.4 Å². The number of para-hydroxylation sites is 1. The lowest BCUT2D eigenvalue weighted by Gasteiger charge is -2.22. The second-order valence-electron chi connectivity index (χ2n) is 5.70. The van der Waals surface area contributed by atoms with Gasteiger partial charge in [0.05, 0.1) is 0 Å². The Hall–Kier alpha value is -1.81. The fraction of sp³-hybridized carbons (Fsp3) is 0.438. The molecule has 0 aliphatic heterocycles. The van der Waals surface area contributed by atoms with E-state index in [1.165, 1.54) is 0 Å². The third kappa shape index (κ3) is 3.84. The van der Waals surface area contributed by atoms with Crippen LogP contribution in [-0.2, 0) is 16.0 Å². The molecule has 4 heteroatoms. The minimum Gasteiger partial charge on any atom is -0.459 e. The fourth-order valence-electron chi connectivity index (χ4n) is 2.00. The van der Waals surface area contributed by atoms with E-state index in [2.05, 4.69) is 4.98 Å². The number of aromatic amines is 1. The van der Waals surface area contributed by atoms with Gasteiger partial charge in [-0.25, -0.2) is 0 Å². The highest BCUT2D eigenvalue weighted by molar-refractivity contribution is 5.84. The van der Waals surface area contributed by atoms with Gasteiger partial charge in [0, 0.05) is 23.5 Å². The molecule has 0 radical (unpaired) electrons. The Labute approximate surface area is 120 Å². The third-order valence-electron chi connectivity index (χ3n) is 2.82.